The van der Waals surface area contributed by atoms with Crippen LogP contribution >= 0.6 is 12.2 Å². The molecule has 0 bridgehead atoms. The number of nitrogens with zero attached hydrogens (tertiary/aromatic N) is 2. The maximum atomic E-state index is 5.52. The van der Waals surface area contributed by atoms with E-state index in [1.165, 1.54) is 19.4 Å². The summed E-state index contributed by atoms with van der Waals surface area (Å²) in [7, 11) is 4.28. The van der Waals surface area contributed by atoms with Gasteiger partial charge in [0.15, 0.2) is 0 Å². The van der Waals surface area contributed by atoms with Crippen molar-refractivity contribution in [1.82, 2.24) is 9.80 Å². The molecular weight excluding hydrogens is 194 g/mol. The summed E-state index contributed by atoms with van der Waals surface area (Å²) in [6.07, 6.45) is 2.56. The van der Waals surface area contributed by atoms with E-state index in [1.54, 1.807) is 0 Å². The second-order valence-electron chi connectivity index (χ2n) is 4.45. The molecule has 0 amide bonds. The molecule has 0 aromatic rings. The summed E-state index contributed by atoms with van der Waals surface area (Å²) in [5.41, 5.74) is 5.52. The predicted octanol–water partition coefficient (Wildman–Crippen LogP) is 0.546. The zero-order valence-corrected chi connectivity index (χ0v) is 10.0. The van der Waals surface area contributed by atoms with Crippen LogP contribution in [-0.2, 0) is 0 Å². The Hall–Kier alpha value is -0.190. The van der Waals surface area contributed by atoms with Gasteiger partial charge in [0, 0.05) is 13.1 Å². The fourth-order valence-corrected chi connectivity index (χ4v) is 2.25. The molecule has 1 rings (SSSR count). The van der Waals surface area contributed by atoms with Gasteiger partial charge in [-0.05, 0) is 45.9 Å². The predicted molar refractivity (Wildman–Crippen MR) is 64.5 cm³/mol. The van der Waals surface area contributed by atoms with E-state index in [2.05, 4.69) is 23.9 Å². The van der Waals surface area contributed by atoms with Crippen molar-refractivity contribution in [3.63, 3.8) is 0 Å². The summed E-state index contributed by atoms with van der Waals surface area (Å²) in [4.78, 5) is 5.25. The molecule has 1 aliphatic rings. The second-order valence-corrected chi connectivity index (χ2v) is 4.97. The van der Waals surface area contributed by atoms with Crippen LogP contribution in [0.4, 0.5) is 0 Å². The number of piperidine rings is 1. The number of rotatable bonds is 4. The highest BCUT2D eigenvalue weighted by atomic mass is 32.1. The Kier molecular flexibility index (Phi) is 4.78. The van der Waals surface area contributed by atoms with Crippen molar-refractivity contribution >= 4 is 17.2 Å². The number of likely N-dealkylation sites (tertiary alicyclic amines) is 1. The van der Waals surface area contributed by atoms with Gasteiger partial charge in [0.05, 0.1) is 4.99 Å². The molecule has 0 spiro atoms. The van der Waals surface area contributed by atoms with E-state index in [1.807, 2.05) is 0 Å². The first-order chi connectivity index (χ1) is 6.58. The minimum Gasteiger partial charge on any atom is -0.392 e. The van der Waals surface area contributed by atoms with E-state index in [-0.39, 0.29) is 0 Å². The molecule has 0 unspecified atom stereocenters. The number of hydrogen-bond donors (Lipinski definition) is 1. The average Bonchev–Trinajstić information content (AvgIpc) is 2.06. The lowest BCUT2D eigenvalue weighted by Gasteiger charge is -2.32. The monoisotopic (exact) mass is 215 g/mol. The van der Waals surface area contributed by atoms with E-state index in [0.29, 0.717) is 4.99 Å². The second kappa shape index (κ2) is 5.63. The van der Waals surface area contributed by atoms with Crippen LogP contribution in [-0.4, -0.2) is 55.1 Å². The van der Waals surface area contributed by atoms with Crippen LogP contribution < -0.4 is 5.73 Å². The van der Waals surface area contributed by atoms with Crippen molar-refractivity contribution < 1.29 is 0 Å². The molecule has 82 valence electrons. The molecule has 1 saturated heterocycles. The molecule has 0 aromatic heterocycles. The van der Waals surface area contributed by atoms with Gasteiger partial charge in [-0.25, -0.2) is 0 Å². The summed E-state index contributed by atoms with van der Waals surface area (Å²) < 4.78 is 0. The van der Waals surface area contributed by atoms with Gasteiger partial charge >= 0.3 is 0 Å². The first-order valence-corrected chi connectivity index (χ1v) is 5.64. The number of thiocarbonyl (C=S) groups is 1. The van der Waals surface area contributed by atoms with Gasteiger partial charge in [-0.3, -0.25) is 4.90 Å². The van der Waals surface area contributed by atoms with E-state index in [9.17, 15) is 0 Å². The van der Waals surface area contributed by atoms with Crippen LogP contribution in [0.2, 0.25) is 0 Å². The summed E-state index contributed by atoms with van der Waals surface area (Å²) in [5.74, 6) is 0.854. The normalized spacial score (nSPS) is 20.2. The number of hydrogen-bond acceptors (Lipinski definition) is 3. The Labute approximate surface area is 92.2 Å². The molecule has 3 nitrogen and oxygen atoms in total. The van der Waals surface area contributed by atoms with Crippen molar-refractivity contribution in [3.05, 3.63) is 0 Å². The topological polar surface area (TPSA) is 32.5 Å². The van der Waals surface area contributed by atoms with E-state index < -0.39 is 0 Å². The van der Waals surface area contributed by atoms with Crippen LogP contribution in [0, 0.1) is 5.92 Å². The molecular formula is C10H21N3S. The lowest BCUT2D eigenvalue weighted by atomic mass is 9.96. The van der Waals surface area contributed by atoms with Gasteiger partial charge in [0.1, 0.15) is 0 Å². The highest BCUT2D eigenvalue weighted by Gasteiger charge is 2.19. The van der Waals surface area contributed by atoms with E-state index >= 15 is 0 Å². The van der Waals surface area contributed by atoms with Crippen molar-refractivity contribution in [2.24, 2.45) is 11.7 Å². The molecule has 0 atom stereocenters. The fraction of sp³-hybridized carbons (Fsp3) is 0.900. The maximum Gasteiger partial charge on any atom is 0.0870 e. The SMILES string of the molecule is CN(C)CC1CCN(CC(N)=S)CC1. The molecule has 14 heavy (non-hydrogen) atoms. The molecule has 0 radical (unpaired) electrons. The molecule has 1 fully saturated rings. The quantitative estimate of drug-likeness (QED) is 0.694. The Morgan fingerprint density at radius 2 is 2.00 bits per heavy atom. The van der Waals surface area contributed by atoms with Crippen molar-refractivity contribution in [3.8, 4) is 0 Å². The number of nitrogens with two attached hydrogens (primary N) is 1. The fourth-order valence-electron chi connectivity index (χ4n) is 2.06. The minimum absolute atomic E-state index is 0.621. The Balaban J connectivity index is 2.21. The molecule has 1 aliphatic heterocycles. The largest absolute Gasteiger partial charge is 0.392 e. The van der Waals surface area contributed by atoms with Crippen molar-refractivity contribution in [1.29, 1.82) is 0 Å². The molecule has 1 heterocycles. The van der Waals surface area contributed by atoms with Crippen molar-refractivity contribution in [2.75, 3.05) is 40.3 Å². The Morgan fingerprint density at radius 3 is 2.43 bits per heavy atom. The standard InChI is InChI=1S/C10H21N3S/c1-12(2)7-9-3-5-13(6-4-9)8-10(11)14/h9H,3-8H2,1-2H3,(H2,11,14). The van der Waals surface area contributed by atoms with Gasteiger partial charge < -0.3 is 10.6 Å². The van der Waals surface area contributed by atoms with E-state index in [4.69, 9.17) is 18.0 Å². The van der Waals surface area contributed by atoms with Crippen molar-refractivity contribution in [2.45, 2.75) is 12.8 Å². The van der Waals surface area contributed by atoms with Crippen LogP contribution in [0.3, 0.4) is 0 Å². The van der Waals surface area contributed by atoms with Gasteiger partial charge in [0.25, 0.3) is 0 Å². The van der Waals surface area contributed by atoms with Gasteiger partial charge in [-0.15, -0.1) is 0 Å². The molecule has 0 saturated carbocycles. The highest BCUT2D eigenvalue weighted by molar-refractivity contribution is 7.80. The average molecular weight is 215 g/mol. The van der Waals surface area contributed by atoms with Gasteiger partial charge in [-0.1, -0.05) is 12.2 Å². The molecule has 0 aliphatic carbocycles. The smallest absolute Gasteiger partial charge is 0.0870 e. The summed E-state index contributed by atoms with van der Waals surface area (Å²) in [5, 5.41) is 0. The third kappa shape index (κ3) is 4.35. The third-order valence-electron chi connectivity index (χ3n) is 2.71. The third-order valence-corrected chi connectivity index (χ3v) is 2.84. The van der Waals surface area contributed by atoms with Crippen LogP contribution in [0.1, 0.15) is 12.8 Å². The zero-order valence-electron chi connectivity index (χ0n) is 9.20. The summed E-state index contributed by atoms with van der Waals surface area (Å²) in [6.45, 7) is 4.30. The van der Waals surface area contributed by atoms with E-state index in [0.717, 1.165) is 25.6 Å². The lowest BCUT2D eigenvalue weighted by molar-refractivity contribution is 0.179. The van der Waals surface area contributed by atoms with Crippen LogP contribution in [0.25, 0.3) is 0 Å². The first kappa shape index (κ1) is 11.9. The van der Waals surface area contributed by atoms with Gasteiger partial charge in [-0.2, -0.15) is 0 Å². The highest BCUT2D eigenvalue weighted by Crippen LogP contribution is 2.17. The first-order valence-electron chi connectivity index (χ1n) is 5.23. The minimum atomic E-state index is 0.621. The maximum absolute atomic E-state index is 5.52. The Morgan fingerprint density at radius 1 is 1.43 bits per heavy atom. The zero-order chi connectivity index (χ0) is 10.6. The molecule has 4 heteroatoms. The summed E-state index contributed by atoms with van der Waals surface area (Å²) in [6, 6.07) is 0. The Bertz CT molecular complexity index is 186. The molecule has 2 N–H and O–H groups in total. The summed E-state index contributed by atoms with van der Waals surface area (Å²) >= 11 is 4.90. The lowest BCUT2D eigenvalue weighted by Crippen LogP contribution is -2.40. The van der Waals surface area contributed by atoms with Crippen LogP contribution in [0.5, 0.6) is 0 Å². The molecule has 0 aromatic carbocycles. The van der Waals surface area contributed by atoms with Crippen LogP contribution in [0.15, 0.2) is 0 Å². The van der Waals surface area contributed by atoms with Gasteiger partial charge in [0.2, 0.25) is 0 Å².